The fourth-order valence-electron chi connectivity index (χ4n) is 6.90. The number of rotatable bonds is 5. The third-order valence-electron chi connectivity index (χ3n) is 10.2. The van der Waals surface area contributed by atoms with Gasteiger partial charge >= 0.3 is 24.3 Å². The van der Waals surface area contributed by atoms with Crippen molar-refractivity contribution < 1.29 is 103 Å². The van der Waals surface area contributed by atoms with Gasteiger partial charge in [0.25, 0.3) is 0 Å². The summed E-state index contributed by atoms with van der Waals surface area (Å²) in [6.07, 6.45) is -10.3. The number of hydrogen-bond acceptors (Lipinski definition) is 15. The zero-order valence-corrected chi connectivity index (χ0v) is 37.1. The maximum Gasteiger partial charge on any atom is 0.398 e. The zero-order chi connectivity index (χ0) is 49.3. The molecule has 0 aromatic heterocycles. The number of benzene rings is 2. The predicted molar refractivity (Wildman–Crippen MR) is 223 cm³/mol. The maximum absolute atomic E-state index is 13.9. The maximum atomic E-state index is 13.9. The minimum absolute atomic E-state index is 0. The van der Waals surface area contributed by atoms with Gasteiger partial charge in [0.1, 0.15) is 70.4 Å². The number of halogens is 7. The van der Waals surface area contributed by atoms with Crippen molar-refractivity contribution in [3.63, 3.8) is 0 Å². The molecule has 22 heteroatoms. The number of esters is 2. The highest BCUT2D eigenvalue weighted by Crippen LogP contribution is 2.38. The highest BCUT2D eigenvalue weighted by atomic mass is 19.4. The fraction of sp³-hybridized carbons (Fsp3) is 0.467. The molecule has 8 unspecified atom stereocenters. The standard InChI is InChI=1S/C25H29F3O8.C20H21F3O7.FH/c1-14-17(25(26,27)28)9-10-18(29)22-19(35-24(2,3)36-22)8-6-7-15-11-16(32-5)12-20(33-13-31-4)21(15)23(30)34-14;1-10-13(20(21,22)23)6-7-15(25)18(27)14(24)5-3-4-11-8-12(29-2)9-16(26)17(11)19(28)30-10;/h6-7,9-12,14,17,19,22H,8,13H2,1-5H3;3-4,6-10,13-14,18,24,26-27H,5H2,1-2H3;1H/b7-6+,10-9-;4-3+,7-6-;. The SMILES string of the molecule is COCOc1cc(OC)cc2c1C(=O)OC(C)C(C(F)(F)F)/C=C\C(=O)C1OC(C)(C)OC1C/C=C/2.COc1cc(O)c2c(c1)/C=C/CC(O)C(O)C(=O)/C=C\C(C(F)(F)F)C(C)OC2=O.F. The van der Waals surface area contributed by atoms with Crippen LogP contribution >= 0.6 is 0 Å². The summed E-state index contributed by atoms with van der Waals surface area (Å²) < 4.78 is 124. The minimum Gasteiger partial charge on any atom is -0.507 e. The lowest BCUT2D eigenvalue weighted by atomic mass is 9.98. The average Bonchev–Trinajstić information content (AvgIpc) is 3.54. The largest absolute Gasteiger partial charge is 0.507 e. The third-order valence-corrected chi connectivity index (χ3v) is 10.2. The summed E-state index contributed by atoms with van der Waals surface area (Å²) in [5, 5.41) is 30.0. The van der Waals surface area contributed by atoms with Gasteiger partial charge in [-0.25, -0.2) is 9.59 Å². The summed E-state index contributed by atoms with van der Waals surface area (Å²) in [6, 6.07) is 5.36. The number of phenolic OH excluding ortho intramolecular Hbond substituents is 1. The predicted octanol–water partition coefficient (Wildman–Crippen LogP) is 7.01. The van der Waals surface area contributed by atoms with Crippen LogP contribution in [0, 0.1) is 11.8 Å². The Morgan fingerprint density at radius 3 is 1.72 bits per heavy atom. The number of carbonyl (C=O) groups excluding carboxylic acids is 4. The van der Waals surface area contributed by atoms with Gasteiger partial charge in [-0.3, -0.25) is 14.3 Å². The minimum atomic E-state index is -4.87. The molecule has 3 heterocycles. The van der Waals surface area contributed by atoms with E-state index in [9.17, 15) is 60.8 Å². The second-order valence-electron chi connectivity index (χ2n) is 15.5. The highest BCUT2D eigenvalue weighted by Gasteiger charge is 2.47. The zero-order valence-electron chi connectivity index (χ0n) is 37.1. The molecule has 3 N–H and O–H groups in total. The van der Waals surface area contributed by atoms with Crippen LogP contribution in [0.3, 0.4) is 0 Å². The molecule has 0 radical (unpaired) electrons. The van der Waals surface area contributed by atoms with Crippen molar-refractivity contribution in [1.82, 2.24) is 0 Å². The molecule has 67 heavy (non-hydrogen) atoms. The summed E-state index contributed by atoms with van der Waals surface area (Å²) in [4.78, 5) is 50.4. The first-order valence-electron chi connectivity index (χ1n) is 20.1. The van der Waals surface area contributed by atoms with Gasteiger partial charge in [0, 0.05) is 19.2 Å². The monoisotopic (exact) mass is 964 g/mol. The number of cyclic esters (lactones) is 2. The molecule has 1 saturated heterocycles. The van der Waals surface area contributed by atoms with Crippen LogP contribution in [0.1, 0.15) is 72.4 Å². The number of carbonyl (C=O) groups is 4. The molecule has 8 atom stereocenters. The number of alkyl halides is 6. The molecule has 0 spiro atoms. The normalized spacial score (nSPS) is 27.8. The lowest BCUT2D eigenvalue weighted by molar-refractivity contribution is -0.183. The van der Waals surface area contributed by atoms with Crippen molar-refractivity contribution in [3.8, 4) is 23.0 Å². The molecule has 0 amide bonds. The number of aliphatic hydroxyl groups excluding tert-OH is 2. The second-order valence-corrected chi connectivity index (χ2v) is 15.5. The van der Waals surface area contributed by atoms with E-state index in [0.29, 0.717) is 24.0 Å². The van der Waals surface area contributed by atoms with Gasteiger partial charge in [0.15, 0.2) is 24.1 Å². The number of fused-ring (bicyclic) bond motifs is 3. The molecule has 370 valence electrons. The van der Waals surface area contributed by atoms with E-state index < -0.39 is 101 Å². The van der Waals surface area contributed by atoms with Crippen molar-refractivity contribution in [2.45, 2.75) is 95.3 Å². The molecule has 0 saturated carbocycles. The van der Waals surface area contributed by atoms with E-state index in [4.69, 9.17) is 37.9 Å². The van der Waals surface area contributed by atoms with E-state index in [0.717, 1.165) is 26.0 Å². The molecule has 3 aliphatic heterocycles. The quantitative estimate of drug-likeness (QED) is 0.157. The van der Waals surface area contributed by atoms with Crippen molar-refractivity contribution in [2.24, 2.45) is 11.8 Å². The third kappa shape index (κ3) is 14.6. The lowest BCUT2D eigenvalue weighted by Crippen LogP contribution is -2.36. The number of ether oxygens (including phenoxy) is 8. The number of hydrogen-bond donors (Lipinski definition) is 3. The molecule has 1 fully saturated rings. The van der Waals surface area contributed by atoms with Crippen molar-refractivity contribution in [2.75, 3.05) is 28.1 Å². The van der Waals surface area contributed by atoms with Crippen molar-refractivity contribution in [3.05, 3.63) is 83.0 Å². The van der Waals surface area contributed by atoms with E-state index in [2.05, 4.69) is 0 Å². The van der Waals surface area contributed by atoms with Crippen molar-refractivity contribution in [1.29, 1.82) is 0 Å². The van der Waals surface area contributed by atoms with E-state index in [1.807, 2.05) is 0 Å². The number of phenols is 1. The van der Waals surface area contributed by atoms with Crippen LogP contribution < -0.4 is 14.2 Å². The van der Waals surface area contributed by atoms with Gasteiger partial charge in [0.2, 0.25) is 0 Å². The van der Waals surface area contributed by atoms with E-state index in [1.165, 1.54) is 51.7 Å². The van der Waals surface area contributed by atoms with Crippen LogP contribution in [0.2, 0.25) is 0 Å². The molecule has 3 aliphatic rings. The topological polar surface area (TPSA) is 203 Å². The summed E-state index contributed by atoms with van der Waals surface area (Å²) in [7, 11) is 4.10. The highest BCUT2D eigenvalue weighted by molar-refractivity contribution is 5.98. The molecule has 5 rings (SSSR count). The Bertz CT molecular complexity index is 2200. The number of aliphatic hydroxyl groups is 2. The summed E-state index contributed by atoms with van der Waals surface area (Å²) in [5.41, 5.74) is -0.176. The van der Waals surface area contributed by atoms with Crippen LogP contribution in [0.4, 0.5) is 31.0 Å². The second kappa shape index (κ2) is 23.3. The summed E-state index contributed by atoms with van der Waals surface area (Å²) >= 11 is 0. The lowest BCUT2D eigenvalue weighted by Gasteiger charge is -2.25. The van der Waals surface area contributed by atoms with Crippen molar-refractivity contribution >= 4 is 35.7 Å². The average molecular weight is 965 g/mol. The molecular formula is C45H51F7O15. The Morgan fingerprint density at radius 2 is 1.19 bits per heavy atom. The van der Waals surface area contributed by atoms with Gasteiger partial charge < -0.3 is 53.2 Å². The molecule has 15 nitrogen and oxygen atoms in total. The molecule has 0 bridgehead atoms. The van der Waals surface area contributed by atoms with Gasteiger partial charge in [-0.1, -0.05) is 36.5 Å². The molecule has 0 aliphatic carbocycles. The Labute approximate surface area is 379 Å². The van der Waals surface area contributed by atoms with E-state index in [-0.39, 0.29) is 52.5 Å². The summed E-state index contributed by atoms with van der Waals surface area (Å²) in [6.45, 7) is 5.08. The van der Waals surface area contributed by atoms with Gasteiger partial charge in [-0.05, 0) is 75.9 Å². The van der Waals surface area contributed by atoms with Crippen LogP contribution in [0.25, 0.3) is 12.2 Å². The Hall–Kier alpha value is -5.81. The smallest absolute Gasteiger partial charge is 0.398 e. The van der Waals surface area contributed by atoms with Crippen LogP contribution in [-0.4, -0.2) is 122 Å². The number of ketones is 2. The van der Waals surface area contributed by atoms with Crippen LogP contribution in [0.15, 0.2) is 60.7 Å². The Kier molecular flexibility index (Phi) is 19.3. The van der Waals surface area contributed by atoms with Crippen LogP contribution in [0.5, 0.6) is 23.0 Å². The molecular weight excluding hydrogens is 913 g/mol. The van der Waals surface area contributed by atoms with Gasteiger partial charge in [-0.2, -0.15) is 26.3 Å². The first-order valence-corrected chi connectivity index (χ1v) is 20.1. The van der Waals surface area contributed by atoms with Gasteiger partial charge in [0.05, 0.1) is 26.4 Å². The van der Waals surface area contributed by atoms with Gasteiger partial charge in [-0.15, -0.1) is 0 Å². The first-order chi connectivity index (χ1) is 30.8. The molecule has 2 aromatic carbocycles. The van der Waals surface area contributed by atoms with E-state index >= 15 is 0 Å². The Morgan fingerprint density at radius 1 is 0.701 bits per heavy atom. The fourth-order valence-corrected chi connectivity index (χ4v) is 6.90. The summed E-state index contributed by atoms with van der Waals surface area (Å²) in [5.74, 6) is -9.86. The van der Waals surface area contributed by atoms with Crippen LogP contribution in [-0.2, 0) is 33.3 Å². The molecule has 2 aromatic rings. The van der Waals surface area contributed by atoms with E-state index in [1.54, 1.807) is 26.0 Å². The number of aromatic hydroxyl groups is 1. The number of methoxy groups -OCH3 is 3. The first kappa shape index (κ1) is 55.5. The Balaban J connectivity index is 0.000000356.